The van der Waals surface area contributed by atoms with Gasteiger partial charge in [-0.1, -0.05) is 28.1 Å². The maximum Gasteiger partial charge on any atom is 0.234 e. The molecule has 0 radical (unpaired) electrons. The quantitative estimate of drug-likeness (QED) is 0.780. The lowest BCUT2D eigenvalue weighted by Gasteiger charge is -2.06. The average molecular weight is 334 g/mol. The second kappa shape index (κ2) is 8.11. The van der Waals surface area contributed by atoms with Crippen molar-refractivity contribution < 1.29 is 9.59 Å². The van der Waals surface area contributed by atoms with E-state index in [1.54, 1.807) is 0 Å². The average Bonchev–Trinajstić information content (AvgIpc) is 2.38. The molecule has 0 saturated heterocycles. The van der Waals surface area contributed by atoms with E-state index < -0.39 is 0 Å². The molecule has 1 rings (SSSR count). The number of amides is 2. The molecule has 0 bridgehead atoms. The van der Waals surface area contributed by atoms with Crippen LogP contribution in [0.1, 0.15) is 12.0 Å². The van der Waals surface area contributed by atoms with Crippen molar-refractivity contribution in [2.24, 2.45) is 0 Å². The van der Waals surface area contributed by atoms with Crippen molar-refractivity contribution in [1.82, 2.24) is 10.6 Å². The van der Waals surface area contributed by atoms with Crippen LogP contribution in [0.25, 0.3) is 0 Å². The molecule has 0 fully saturated rings. The summed E-state index contributed by atoms with van der Waals surface area (Å²) in [7, 11) is 0. The van der Waals surface area contributed by atoms with E-state index in [0.717, 1.165) is 10.0 Å². The molecule has 98 valence electrons. The summed E-state index contributed by atoms with van der Waals surface area (Å²) in [5.41, 5.74) is 1.02. The molecule has 0 aromatic heterocycles. The topological polar surface area (TPSA) is 58.2 Å². The Morgan fingerprint density at radius 1 is 1.11 bits per heavy atom. The molecule has 1 aromatic carbocycles. The lowest BCUT2D eigenvalue weighted by atomic mass is 10.2. The highest BCUT2D eigenvalue weighted by molar-refractivity contribution is 9.10. The van der Waals surface area contributed by atoms with Gasteiger partial charge in [0, 0.05) is 24.0 Å². The maximum atomic E-state index is 11.4. The second-order valence-corrected chi connectivity index (χ2v) is 4.82. The fourth-order valence-electron chi connectivity index (χ4n) is 1.25. The molecule has 0 heterocycles. The SMILES string of the molecule is O=C(CCl)NCCC(=O)NCc1ccc(Br)cc1. The summed E-state index contributed by atoms with van der Waals surface area (Å²) in [4.78, 5) is 22.3. The van der Waals surface area contributed by atoms with E-state index in [0.29, 0.717) is 13.1 Å². The first-order chi connectivity index (χ1) is 8.61. The van der Waals surface area contributed by atoms with Gasteiger partial charge in [-0.3, -0.25) is 9.59 Å². The number of rotatable bonds is 6. The van der Waals surface area contributed by atoms with Crippen molar-refractivity contribution in [3.63, 3.8) is 0 Å². The zero-order valence-electron chi connectivity index (χ0n) is 9.71. The van der Waals surface area contributed by atoms with Gasteiger partial charge in [0.05, 0.1) is 0 Å². The highest BCUT2D eigenvalue weighted by Crippen LogP contribution is 2.10. The Bertz CT molecular complexity index is 409. The number of carbonyl (C=O) groups is 2. The van der Waals surface area contributed by atoms with Gasteiger partial charge in [-0.05, 0) is 17.7 Å². The van der Waals surface area contributed by atoms with Crippen LogP contribution in [0.2, 0.25) is 0 Å². The third-order valence-corrected chi connectivity index (χ3v) is 2.97. The van der Waals surface area contributed by atoms with E-state index in [1.165, 1.54) is 0 Å². The summed E-state index contributed by atoms with van der Waals surface area (Å²) in [6.07, 6.45) is 0.249. The third kappa shape index (κ3) is 6.02. The Morgan fingerprint density at radius 2 is 1.78 bits per heavy atom. The summed E-state index contributed by atoms with van der Waals surface area (Å²) >= 11 is 8.65. The fraction of sp³-hybridized carbons (Fsp3) is 0.333. The number of hydrogen-bond donors (Lipinski definition) is 2. The van der Waals surface area contributed by atoms with Crippen molar-refractivity contribution in [2.75, 3.05) is 12.4 Å². The molecular weight excluding hydrogens is 320 g/mol. The number of halogens is 2. The van der Waals surface area contributed by atoms with Crippen molar-refractivity contribution in [3.8, 4) is 0 Å². The van der Waals surface area contributed by atoms with Crippen molar-refractivity contribution in [2.45, 2.75) is 13.0 Å². The van der Waals surface area contributed by atoms with E-state index in [9.17, 15) is 9.59 Å². The molecule has 0 unspecified atom stereocenters. The minimum atomic E-state index is -0.266. The summed E-state index contributed by atoms with van der Waals surface area (Å²) < 4.78 is 1.00. The van der Waals surface area contributed by atoms with Gasteiger partial charge in [-0.25, -0.2) is 0 Å². The molecule has 1 aromatic rings. The van der Waals surface area contributed by atoms with Gasteiger partial charge in [0.1, 0.15) is 5.88 Å². The standard InChI is InChI=1S/C12H14BrClN2O2/c13-10-3-1-9(2-4-10)8-16-11(17)5-6-15-12(18)7-14/h1-4H,5-8H2,(H,15,18)(H,16,17). The number of carbonyl (C=O) groups excluding carboxylic acids is 2. The molecule has 0 aliphatic rings. The first kappa shape index (κ1) is 15.0. The summed E-state index contributed by atoms with van der Waals surface area (Å²) in [6, 6.07) is 7.70. The van der Waals surface area contributed by atoms with E-state index in [-0.39, 0.29) is 24.1 Å². The van der Waals surface area contributed by atoms with Crippen molar-refractivity contribution >= 4 is 39.3 Å². The van der Waals surface area contributed by atoms with Gasteiger partial charge >= 0.3 is 0 Å². The lowest BCUT2D eigenvalue weighted by molar-refractivity contribution is -0.121. The highest BCUT2D eigenvalue weighted by atomic mass is 79.9. The monoisotopic (exact) mass is 332 g/mol. The number of benzene rings is 1. The molecule has 0 aliphatic heterocycles. The van der Waals surface area contributed by atoms with Gasteiger partial charge in [0.15, 0.2) is 0 Å². The number of nitrogens with one attached hydrogen (secondary N) is 2. The first-order valence-electron chi connectivity index (χ1n) is 5.45. The predicted octanol–water partition coefficient (Wildman–Crippen LogP) is 1.81. The van der Waals surface area contributed by atoms with Crippen LogP contribution in [0.5, 0.6) is 0 Å². The van der Waals surface area contributed by atoms with Gasteiger partial charge < -0.3 is 10.6 Å². The Labute approximate surface area is 119 Å². The molecule has 4 nitrogen and oxygen atoms in total. The summed E-state index contributed by atoms with van der Waals surface area (Å²) in [5.74, 6) is -0.453. The molecular formula is C12H14BrClN2O2. The smallest absolute Gasteiger partial charge is 0.234 e. The normalized spacial score (nSPS) is 9.89. The van der Waals surface area contributed by atoms with Crippen LogP contribution in [0.4, 0.5) is 0 Å². The Kier molecular flexibility index (Phi) is 6.75. The largest absolute Gasteiger partial charge is 0.355 e. The van der Waals surface area contributed by atoms with Crippen molar-refractivity contribution in [3.05, 3.63) is 34.3 Å². The van der Waals surface area contributed by atoms with Crippen LogP contribution < -0.4 is 10.6 Å². The van der Waals surface area contributed by atoms with Gasteiger partial charge in [0.2, 0.25) is 11.8 Å². The molecule has 0 saturated carbocycles. The molecule has 0 atom stereocenters. The predicted molar refractivity (Wildman–Crippen MR) is 74.3 cm³/mol. The van der Waals surface area contributed by atoms with E-state index in [1.807, 2.05) is 24.3 Å². The lowest BCUT2D eigenvalue weighted by Crippen LogP contribution is -2.31. The van der Waals surface area contributed by atoms with Gasteiger partial charge in [0.25, 0.3) is 0 Å². The minimum Gasteiger partial charge on any atom is -0.355 e. The Balaban J connectivity index is 2.21. The fourth-order valence-corrected chi connectivity index (χ4v) is 1.61. The van der Waals surface area contributed by atoms with Crippen molar-refractivity contribution in [1.29, 1.82) is 0 Å². The van der Waals surface area contributed by atoms with Crippen LogP contribution in [0.15, 0.2) is 28.7 Å². The Morgan fingerprint density at radius 3 is 2.39 bits per heavy atom. The second-order valence-electron chi connectivity index (χ2n) is 3.64. The molecule has 2 N–H and O–H groups in total. The van der Waals surface area contributed by atoms with E-state index >= 15 is 0 Å². The number of alkyl halides is 1. The molecule has 18 heavy (non-hydrogen) atoms. The highest BCUT2D eigenvalue weighted by Gasteiger charge is 2.03. The molecule has 6 heteroatoms. The van der Waals surface area contributed by atoms with Crippen LogP contribution in [0.3, 0.4) is 0 Å². The zero-order valence-corrected chi connectivity index (χ0v) is 12.1. The van der Waals surface area contributed by atoms with E-state index in [4.69, 9.17) is 11.6 Å². The van der Waals surface area contributed by atoms with Crippen LogP contribution in [-0.2, 0) is 16.1 Å². The third-order valence-electron chi connectivity index (χ3n) is 2.20. The van der Waals surface area contributed by atoms with Crippen LogP contribution in [0, 0.1) is 0 Å². The van der Waals surface area contributed by atoms with Crippen LogP contribution in [-0.4, -0.2) is 24.2 Å². The van der Waals surface area contributed by atoms with Gasteiger partial charge in [-0.15, -0.1) is 11.6 Å². The molecule has 2 amide bonds. The first-order valence-corrected chi connectivity index (χ1v) is 6.78. The van der Waals surface area contributed by atoms with E-state index in [2.05, 4.69) is 26.6 Å². The molecule has 0 spiro atoms. The molecule has 0 aliphatic carbocycles. The van der Waals surface area contributed by atoms with Gasteiger partial charge in [-0.2, -0.15) is 0 Å². The zero-order chi connectivity index (χ0) is 13.4. The summed E-state index contributed by atoms with van der Waals surface area (Å²) in [6.45, 7) is 0.785. The van der Waals surface area contributed by atoms with Crippen LogP contribution >= 0.6 is 27.5 Å². The Hall–Kier alpha value is -1.07. The summed E-state index contributed by atoms with van der Waals surface area (Å²) in [5, 5.41) is 5.30. The maximum absolute atomic E-state index is 11.4. The minimum absolute atomic E-state index is 0.0828. The number of hydrogen-bond acceptors (Lipinski definition) is 2.